The SMILES string of the molecule is O=C(Nc1cccc(Cl)c1)[C@H]1CCc2sc(C(=O)N3CCCC3)cc2C1. The predicted octanol–water partition coefficient (Wildman–Crippen LogP) is 4.38. The van der Waals surface area contributed by atoms with Gasteiger partial charge in [-0.2, -0.15) is 0 Å². The van der Waals surface area contributed by atoms with Gasteiger partial charge in [0.25, 0.3) is 5.91 Å². The van der Waals surface area contributed by atoms with Crippen molar-refractivity contribution in [3.8, 4) is 0 Å². The maximum absolute atomic E-state index is 12.6. The molecule has 1 N–H and O–H groups in total. The van der Waals surface area contributed by atoms with Crippen molar-refractivity contribution in [2.75, 3.05) is 18.4 Å². The number of thiophene rings is 1. The molecule has 1 aromatic carbocycles. The maximum Gasteiger partial charge on any atom is 0.263 e. The fraction of sp³-hybridized carbons (Fsp3) is 0.400. The molecule has 2 aliphatic rings. The van der Waals surface area contributed by atoms with Crippen LogP contribution in [0.5, 0.6) is 0 Å². The van der Waals surface area contributed by atoms with E-state index < -0.39 is 0 Å². The van der Waals surface area contributed by atoms with Crippen molar-refractivity contribution >= 4 is 40.4 Å². The zero-order valence-corrected chi connectivity index (χ0v) is 16.0. The molecular weight excluding hydrogens is 368 g/mol. The molecule has 1 aliphatic carbocycles. The van der Waals surface area contributed by atoms with Gasteiger partial charge in [-0.3, -0.25) is 9.59 Å². The van der Waals surface area contributed by atoms with Gasteiger partial charge in [-0.1, -0.05) is 17.7 Å². The lowest BCUT2D eigenvalue weighted by atomic mass is 9.87. The van der Waals surface area contributed by atoms with Crippen LogP contribution < -0.4 is 5.32 Å². The number of halogens is 1. The van der Waals surface area contributed by atoms with Gasteiger partial charge >= 0.3 is 0 Å². The highest BCUT2D eigenvalue weighted by Crippen LogP contribution is 2.34. The van der Waals surface area contributed by atoms with Crippen molar-refractivity contribution in [1.29, 1.82) is 0 Å². The molecule has 136 valence electrons. The minimum absolute atomic E-state index is 0.0246. The summed E-state index contributed by atoms with van der Waals surface area (Å²) in [7, 11) is 0. The lowest BCUT2D eigenvalue weighted by Gasteiger charge is -2.21. The number of carbonyl (C=O) groups is 2. The summed E-state index contributed by atoms with van der Waals surface area (Å²) in [5.74, 6) is 0.115. The average molecular weight is 389 g/mol. The number of nitrogens with zero attached hydrogens (tertiary/aromatic N) is 1. The monoisotopic (exact) mass is 388 g/mol. The molecule has 1 fully saturated rings. The van der Waals surface area contributed by atoms with Crippen molar-refractivity contribution in [3.63, 3.8) is 0 Å². The molecule has 2 heterocycles. The fourth-order valence-corrected chi connectivity index (χ4v) is 5.11. The van der Waals surface area contributed by atoms with Crippen molar-refractivity contribution in [1.82, 2.24) is 4.90 Å². The second kappa shape index (κ2) is 7.41. The number of carbonyl (C=O) groups excluding carboxylic acids is 2. The standard InChI is InChI=1S/C20H21ClN2O2S/c21-15-4-3-5-16(12-15)22-19(24)13-6-7-17-14(10-13)11-18(26-17)20(25)23-8-1-2-9-23/h3-5,11-13H,1-2,6-10H2,(H,22,24)/t13-/m0/s1. The summed E-state index contributed by atoms with van der Waals surface area (Å²) in [5.41, 5.74) is 1.89. The predicted molar refractivity (Wildman–Crippen MR) is 105 cm³/mol. The number of benzene rings is 1. The number of likely N-dealkylation sites (tertiary alicyclic amines) is 1. The number of nitrogens with one attached hydrogen (secondary N) is 1. The number of rotatable bonds is 3. The summed E-state index contributed by atoms with van der Waals surface area (Å²) < 4.78 is 0. The van der Waals surface area contributed by atoms with Gasteiger partial charge < -0.3 is 10.2 Å². The average Bonchev–Trinajstić information content (AvgIpc) is 3.30. The number of anilines is 1. The van der Waals surface area contributed by atoms with Gasteiger partial charge in [-0.25, -0.2) is 0 Å². The van der Waals surface area contributed by atoms with Crippen LogP contribution in [0.2, 0.25) is 5.02 Å². The van der Waals surface area contributed by atoms with Crippen LogP contribution in [0, 0.1) is 5.92 Å². The highest BCUT2D eigenvalue weighted by molar-refractivity contribution is 7.14. The molecule has 1 atom stereocenters. The van der Waals surface area contributed by atoms with Gasteiger partial charge in [-0.05, 0) is 61.9 Å². The van der Waals surface area contributed by atoms with Gasteiger partial charge in [0.2, 0.25) is 5.91 Å². The number of amides is 2. The van der Waals surface area contributed by atoms with Gasteiger partial charge in [0.05, 0.1) is 4.88 Å². The summed E-state index contributed by atoms with van der Waals surface area (Å²) in [6, 6.07) is 9.22. The Bertz CT molecular complexity index is 842. The fourth-order valence-electron chi connectivity index (χ4n) is 3.74. The van der Waals surface area contributed by atoms with E-state index in [9.17, 15) is 9.59 Å². The third kappa shape index (κ3) is 3.64. The minimum Gasteiger partial charge on any atom is -0.338 e. The minimum atomic E-state index is -0.0641. The summed E-state index contributed by atoms with van der Waals surface area (Å²) in [5, 5.41) is 3.57. The van der Waals surface area contributed by atoms with Crippen molar-refractivity contribution < 1.29 is 9.59 Å². The first-order chi connectivity index (χ1) is 12.6. The Morgan fingerprint density at radius 1 is 1.19 bits per heavy atom. The Hall–Kier alpha value is -1.85. The number of hydrogen-bond acceptors (Lipinski definition) is 3. The number of hydrogen-bond donors (Lipinski definition) is 1. The van der Waals surface area contributed by atoms with Crippen molar-refractivity contribution in [2.45, 2.75) is 32.1 Å². The van der Waals surface area contributed by atoms with Gasteiger partial charge in [0.15, 0.2) is 0 Å². The zero-order valence-electron chi connectivity index (χ0n) is 14.5. The highest BCUT2D eigenvalue weighted by atomic mass is 35.5. The molecular formula is C20H21ClN2O2S. The Morgan fingerprint density at radius 2 is 2.00 bits per heavy atom. The Kier molecular flexibility index (Phi) is 5.00. The number of fused-ring (bicyclic) bond motifs is 1. The molecule has 1 aliphatic heterocycles. The molecule has 0 bridgehead atoms. The number of aryl methyl sites for hydroxylation is 1. The molecule has 0 saturated carbocycles. The molecule has 2 aromatic rings. The van der Waals surface area contributed by atoms with E-state index in [4.69, 9.17) is 11.6 Å². The molecule has 2 amide bonds. The molecule has 4 nitrogen and oxygen atoms in total. The van der Waals surface area contributed by atoms with Gasteiger partial charge in [0.1, 0.15) is 0 Å². The highest BCUT2D eigenvalue weighted by Gasteiger charge is 2.29. The van der Waals surface area contributed by atoms with Crippen LogP contribution in [0.3, 0.4) is 0 Å². The van der Waals surface area contributed by atoms with E-state index in [1.54, 1.807) is 23.5 Å². The quantitative estimate of drug-likeness (QED) is 0.848. The first-order valence-corrected chi connectivity index (χ1v) is 10.3. The first kappa shape index (κ1) is 17.6. The first-order valence-electron chi connectivity index (χ1n) is 9.07. The topological polar surface area (TPSA) is 49.4 Å². The van der Waals surface area contributed by atoms with Crippen LogP contribution in [0.15, 0.2) is 30.3 Å². The molecule has 0 radical (unpaired) electrons. The van der Waals surface area contributed by atoms with Crippen LogP contribution in [0.25, 0.3) is 0 Å². The Morgan fingerprint density at radius 3 is 2.77 bits per heavy atom. The summed E-state index contributed by atoms with van der Waals surface area (Å²) >= 11 is 7.59. The molecule has 6 heteroatoms. The van der Waals surface area contributed by atoms with Crippen LogP contribution >= 0.6 is 22.9 Å². The van der Waals surface area contributed by atoms with E-state index in [0.29, 0.717) is 11.4 Å². The van der Waals surface area contributed by atoms with E-state index in [1.807, 2.05) is 23.1 Å². The normalized spacial score (nSPS) is 19.3. The van der Waals surface area contributed by atoms with Crippen LogP contribution in [-0.4, -0.2) is 29.8 Å². The van der Waals surface area contributed by atoms with E-state index in [2.05, 4.69) is 5.32 Å². The molecule has 1 aromatic heterocycles. The van der Waals surface area contributed by atoms with Gasteiger partial charge in [-0.15, -0.1) is 11.3 Å². The largest absolute Gasteiger partial charge is 0.338 e. The smallest absolute Gasteiger partial charge is 0.263 e. The third-order valence-electron chi connectivity index (χ3n) is 5.15. The van der Waals surface area contributed by atoms with E-state index >= 15 is 0 Å². The maximum atomic E-state index is 12.6. The van der Waals surface area contributed by atoms with E-state index in [1.165, 1.54) is 4.88 Å². The lowest BCUT2D eigenvalue weighted by molar-refractivity contribution is -0.120. The molecule has 0 spiro atoms. The second-order valence-electron chi connectivity index (χ2n) is 7.00. The molecule has 4 rings (SSSR count). The van der Waals surface area contributed by atoms with Crippen molar-refractivity contribution in [2.24, 2.45) is 5.92 Å². The van der Waals surface area contributed by atoms with Gasteiger partial charge in [0, 0.05) is 34.6 Å². The van der Waals surface area contributed by atoms with E-state index in [-0.39, 0.29) is 17.7 Å². The van der Waals surface area contributed by atoms with Crippen LogP contribution in [-0.2, 0) is 17.6 Å². The molecule has 1 saturated heterocycles. The molecule has 0 unspecified atom stereocenters. The second-order valence-corrected chi connectivity index (χ2v) is 8.57. The third-order valence-corrected chi connectivity index (χ3v) is 6.61. The van der Waals surface area contributed by atoms with Crippen LogP contribution in [0.4, 0.5) is 5.69 Å². The van der Waals surface area contributed by atoms with E-state index in [0.717, 1.165) is 54.9 Å². The van der Waals surface area contributed by atoms with Crippen molar-refractivity contribution in [3.05, 3.63) is 50.7 Å². The summed E-state index contributed by atoms with van der Waals surface area (Å²) in [6.07, 6.45) is 4.58. The van der Waals surface area contributed by atoms with Crippen LogP contribution in [0.1, 0.15) is 39.4 Å². The summed E-state index contributed by atoms with van der Waals surface area (Å²) in [4.78, 5) is 29.2. The Balaban J connectivity index is 1.44. The summed E-state index contributed by atoms with van der Waals surface area (Å²) in [6.45, 7) is 1.73. The zero-order chi connectivity index (χ0) is 18.1. The lowest BCUT2D eigenvalue weighted by Crippen LogP contribution is -2.27. The Labute approximate surface area is 162 Å². The molecule has 26 heavy (non-hydrogen) atoms.